The number of carbonyl (C=O) groups excluding carboxylic acids is 1. The van der Waals surface area contributed by atoms with Crippen molar-refractivity contribution in [3.05, 3.63) is 22.4 Å². The Kier molecular flexibility index (Phi) is 8.98. The maximum Gasteiger partial charge on any atom is 0.225 e. The number of nitrogens with two attached hydrogens (primary N) is 1. The number of hydrogen-bond acceptors (Lipinski definition) is 5. The van der Waals surface area contributed by atoms with Gasteiger partial charge in [0.05, 0.1) is 6.10 Å². The normalized spacial score (nSPS) is 27.9. The lowest BCUT2D eigenvalue weighted by Crippen LogP contribution is -2.38. The number of carbonyl (C=O) groups is 1. The van der Waals surface area contributed by atoms with E-state index in [4.69, 9.17) is 5.73 Å². The van der Waals surface area contributed by atoms with Crippen molar-refractivity contribution in [3.8, 4) is 0 Å². The van der Waals surface area contributed by atoms with Gasteiger partial charge in [0, 0.05) is 49.6 Å². The highest BCUT2D eigenvalue weighted by Crippen LogP contribution is 2.27. The van der Waals surface area contributed by atoms with Gasteiger partial charge >= 0.3 is 0 Å². The van der Waals surface area contributed by atoms with Crippen molar-refractivity contribution in [2.24, 2.45) is 11.7 Å². The molecule has 3 atom stereocenters. The zero-order chi connectivity index (χ0) is 15.5. The highest BCUT2D eigenvalue weighted by molar-refractivity contribution is 7.09. The second kappa shape index (κ2) is 9.94. The first-order chi connectivity index (χ1) is 10.6. The number of nitrogens with zero attached hydrogens (tertiary/aromatic N) is 2. The van der Waals surface area contributed by atoms with Gasteiger partial charge in [-0.1, -0.05) is 6.07 Å². The standard InChI is InChI=1S/C16H25N3O2S.2ClH/c17-14-9-12(10-15(14)20)16(21)19-5-2-4-18(6-7-19)11-13-3-1-8-22-13;;/h1,3,8,12,14-15,20H,2,4-7,9-11,17H2;2*1H/t12-,14+,15+;;/m0../s1. The fraction of sp³-hybridized carbons (Fsp3) is 0.688. The van der Waals surface area contributed by atoms with Gasteiger partial charge in [0.1, 0.15) is 0 Å². The molecule has 138 valence electrons. The second-order valence-corrected chi connectivity index (χ2v) is 7.47. The van der Waals surface area contributed by atoms with Crippen molar-refractivity contribution in [2.45, 2.75) is 38.0 Å². The maximum atomic E-state index is 12.6. The van der Waals surface area contributed by atoms with Crippen LogP contribution < -0.4 is 5.73 Å². The van der Waals surface area contributed by atoms with Crippen molar-refractivity contribution in [3.63, 3.8) is 0 Å². The van der Waals surface area contributed by atoms with Crippen LogP contribution in [-0.4, -0.2) is 59.1 Å². The molecule has 0 bridgehead atoms. The molecule has 5 nitrogen and oxygen atoms in total. The number of amides is 1. The summed E-state index contributed by atoms with van der Waals surface area (Å²) in [5.74, 6) is 0.0961. The van der Waals surface area contributed by atoms with E-state index in [0.29, 0.717) is 12.8 Å². The van der Waals surface area contributed by atoms with Gasteiger partial charge < -0.3 is 15.7 Å². The minimum absolute atomic E-state index is 0. The molecule has 0 aromatic carbocycles. The Bertz CT molecular complexity index is 494. The molecule has 1 aliphatic heterocycles. The zero-order valence-corrected chi connectivity index (χ0v) is 16.1. The van der Waals surface area contributed by atoms with E-state index in [9.17, 15) is 9.90 Å². The molecular weight excluding hydrogens is 369 g/mol. The molecule has 1 aromatic heterocycles. The molecule has 1 aromatic rings. The van der Waals surface area contributed by atoms with E-state index in [1.165, 1.54) is 4.88 Å². The number of rotatable bonds is 3. The Balaban J connectivity index is 0.00000144. The smallest absolute Gasteiger partial charge is 0.225 e. The molecule has 2 fully saturated rings. The molecular formula is C16H27Cl2N3O2S. The SMILES string of the molecule is Cl.Cl.N[C@@H]1C[C@H](C(=O)N2CCCN(Cc3cccs3)CC2)C[C@H]1O. The fourth-order valence-electron chi connectivity index (χ4n) is 3.48. The Morgan fingerprint density at radius 2 is 2.04 bits per heavy atom. The zero-order valence-electron chi connectivity index (χ0n) is 13.7. The number of halogens is 2. The monoisotopic (exact) mass is 395 g/mol. The lowest BCUT2D eigenvalue weighted by Gasteiger charge is -2.24. The van der Waals surface area contributed by atoms with Crippen LogP contribution in [0.4, 0.5) is 0 Å². The predicted molar refractivity (Wildman–Crippen MR) is 102 cm³/mol. The molecule has 0 unspecified atom stereocenters. The largest absolute Gasteiger partial charge is 0.391 e. The van der Waals surface area contributed by atoms with E-state index in [-0.39, 0.29) is 42.7 Å². The summed E-state index contributed by atoms with van der Waals surface area (Å²) >= 11 is 1.79. The van der Waals surface area contributed by atoms with Gasteiger partial charge in [-0.25, -0.2) is 0 Å². The van der Waals surface area contributed by atoms with E-state index in [2.05, 4.69) is 22.4 Å². The van der Waals surface area contributed by atoms with Crippen LogP contribution in [0.2, 0.25) is 0 Å². The summed E-state index contributed by atoms with van der Waals surface area (Å²) in [7, 11) is 0. The van der Waals surface area contributed by atoms with Crippen molar-refractivity contribution in [1.82, 2.24) is 9.80 Å². The second-order valence-electron chi connectivity index (χ2n) is 6.43. The summed E-state index contributed by atoms with van der Waals surface area (Å²) in [4.78, 5) is 18.4. The highest BCUT2D eigenvalue weighted by Gasteiger charge is 2.37. The molecule has 2 aliphatic rings. The molecule has 1 aliphatic carbocycles. The van der Waals surface area contributed by atoms with Crippen LogP contribution in [0.3, 0.4) is 0 Å². The average Bonchev–Trinajstić information content (AvgIpc) is 3.04. The molecule has 1 saturated heterocycles. The Hall–Kier alpha value is -0.370. The first kappa shape index (κ1) is 21.7. The van der Waals surface area contributed by atoms with Crippen LogP contribution in [0.1, 0.15) is 24.1 Å². The van der Waals surface area contributed by atoms with Crippen LogP contribution in [-0.2, 0) is 11.3 Å². The minimum Gasteiger partial charge on any atom is -0.391 e. The number of aliphatic hydroxyl groups is 1. The summed E-state index contributed by atoms with van der Waals surface area (Å²) in [5.41, 5.74) is 5.84. The van der Waals surface area contributed by atoms with Gasteiger partial charge in [-0.3, -0.25) is 9.69 Å². The van der Waals surface area contributed by atoms with E-state index in [1.54, 1.807) is 11.3 Å². The third-order valence-electron chi connectivity index (χ3n) is 4.79. The highest BCUT2D eigenvalue weighted by atomic mass is 35.5. The van der Waals surface area contributed by atoms with Gasteiger partial charge in [0.2, 0.25) is 5.91 Å². The molecule has 0 spiro atoms. The van der Waals surface area contributed by atoms with E-state index < -0.39 is 6.10 Å². The number of aliphatic hydroxyl groups excluding tert-OH is 1. The van der Waals surface area contributed by atoms with E-state index in [0.717, 1.165) is 39.1 Å². The topological polar surface area (TPSA) is 69.8 Å². The summed E-state index contributed by atoms with van der Waals surface area (Å²) in [6.45, 7) is 4.54. The van der Waals surface area contributed by atoms with Gasteiger partial charge in [-0.05, 0) is 30.7 Å². The first-order valence-corrected chi connectivity index (χ1v) is 8.98. The number of thiophene rings is 1. The molecule has 1 amide bonds. The van der Waals surface area contributed by atoms with E-state index >= 15 is 0 Å². The fourth-order valence-corrected chi connectivity index (χ4v) is 4.23. The Morgan fingerprint density at radius 1 is 1.25 bits per heavy atom. The Labute approximate surface area is 160 Å². The van der Waals surface area contributed by atoms with Crippen molar-refractivity contribution >= 4 is 42.1 Å². The lowest BCUT2D eigenvalue weighted by atomic mass is 10.1. The van der Waals surface area contributed by atoms with Crippen LogP contribution in [0.5, 0.6) is 0 Å². The van der Waals surface area contributed by atoms with Crippen LogP contribution in [0.15, 0.2) is 17.5 Å². The minimum atomic E-state index is -0.517. The van der Waals surface area contributed by atoms with Gasteiger partial charge in [0.25, 0.3) is 0 Å². The van der Waals surface area contributed by atoms with Crippen LogP contribution >= 0.6 is 36.2 Å². The number of hydrogen-bond donors (Lipinski definition) is 2. The molecule has 3 rings (SSSR count). The maximum absolute atomic E-state index is 12.6. The molecule has 1 saturated carbocycles. The van der Waals surface area contributed by atoms with Crippen molar-refractivity contribution in [1.29, 1.82) is 0 Å². The predicted octanol–water partition coefficient (Wildman–Crippen LogP) is 1.72. The van der Waals surface area contributed by atoms with Crippen LogP contribution in [0, 0.1) is 5.92 Å². The van der Waals surface area contributed by atoms with Gasteiger partial charge in [-0.15, -0.1) is 36.2 Å². The molecule has 24 heavy (non-hydrogen) atoms. The molecule has 0 radical (unpaired) electrons. The third kappa shape index (κ3) is 5.31. The van der Waals surface area contributed by atoms with E-state index in [1.807, 2.05) is 4.90 Å². The van der Waals surface area contributed by atoms with Crippen molar-refractivity contribution < 1.29 is 9.90 Å². The van der Waals surface area contributed by atoms with Gasteiger partial charge in [0.15, 0.2) is 0 Å². The van der Waals surface area contributed by atoms with Crippen LogP contribution in [0.25, 0.3) is 0 Å². The average molecular weight is 396 g/mol. The summed E-state index contributed by atoms with van der Waals surface area (Å²) < 4.78 is 0. The summed E-state index contributed by atoms with van der Waals surface area (Å²) in [6.07, 6.45) is 1.64. The molecule has 2 heterocycles. The summed E-state index contributed by atoms with van der Waals surface area (Å²) in [5, 5.41) is 11.9. The molecule has 8 heteroatoms. The molecule has 3 N–H and O–H groups in total. The van der Waals surface area contributed by atoms with Crippen molar-refractivity contribution in [2.75, 3.05) is 26.2 Å². The third-order valence-corrected chi connectivity index (χ3v) is 5.65. The first-order valence-electron chi connectivity index (χ1n) is 8.10. The van der Waals surface area contributed by atoms with Gasteiger partial charge in [-0.2, -0.15) is 0 Å². The summed E-state index contributed by atoms with van der Waals surface area (Å²) in [6, 6.07) is 4.01. The quantitative estimate of drug-likeness (QED) is 0.817. The lowest BCUT2D eigenvalue weighted by molar-refractivity contribution is -0.135. The Morgan fingerprint density at radius 3 is 2.67 bits per heavy atom.